The molecule has 1 aromatic carbocycles. The Morgan fingerprint density at radius 3 is 2.09 bits per heavy atom. The largest absolute Gasteiger partial charge is 0.480 e. The van der Waals surface area contributed by atoms with Gasteiger partial charge in [-0.25, -0.2) is 0 Å². The molecule has 0 aliphatic heterocycles. The van der Waals surface area contributed by atoms with E-state index in [0.29, 0.717) is 5.56 Å². The van der Waals surface area contributed by atoms with Gasteiger partial charge in [0.2, 0.25) is 11.8 Å². The van der Waals surface area contributed by atoms with E-state index < -0.39 is 24.3 Å². The zero-order chi connectivity index (χ0) is 16.5. The highest BCUT2D eigenvalue weighted by atomic mass is 16.4. The number of ketones is 1. The van der Waals surface area contributed by atoms with Crippen molar-refractivity contribution in [2.45, 2.75) is 19.8 Å². The molecule has 0 unspecified atom stereocenters. The summed E-state index contributed by atoms with van der Waals surface area (Å²) in [6.45, 7) is 1.10. The number of hydrogen-bond acceptors (Lipinski definition) is 4. The first-order chi connectivity index (χ1) is 10.4. The molecule has 3 N–H and O–H groups in total. The summed E-state index contributed by atoms with van der Waals surface area (Å²) < 4.78 is 0. The Morgan fingerprint density at radius 2 is 1.50 bits per heavy atom. The second kappa shape index (κ2) is 8.56. The van der Waals surface area contributed by atoms with Crippen LogP contribution in [0.5, 0.6) is 0 Å². The molecule has 1 aromatic rings. The molecule has 2 amide bonds. The zero-order valence-corrected chi connectivity index (χ0v) is 12.2. The minimum absolute atomic E-state index is 0.0288. The molecule has 7 nitrogen and oxygen atoms in total. The Bertz CT molecular complexity index is 566. The van der Waals surface area contributed by atoms with Crippen molar-refractivity contribution in [2.24, 2.45) is 0 Å². The van der Waals surface area contributed by atoms with Crippen LogP contribution in [-0.2, 0) is 14.4 Å². The van der Waals surface area contributed by atoms with Gasteiger partial charge in [0.15, 0.2) is 5.78 Å². The minimum atomic E-state index is -1.16. The molecule has 0 saturated carbocycles. The Labute approximate surface area is 127 Å². The molecule has 0 heterocycles. The van der Waals surface area contributed by atoms with Crippen molar-refractivity contribution in [3.63, 3.8) is 0 Å². The standard InChI is InChI=1S/C15H18N2O5/c1-10-2-4-11(5-3-10)12(18)6-7-13(19)16-8-14(20)17-9-15(21)22/h2-5H,6-9H2,1H3,(H,16,19)(H,17,20)(H,21,22). The highest BCUT2D eigenvalue weighted by Crippen LogP contribution is 2.07. The molecular formula is C15H18N2O5. The molecule has 0 radical (unpaired) electrons. The number of amides is 2. The number of hydrogen-bond donors (Lipinski definition) is 3. The van der Waals surface area contributed by atoms with Crippen LogP contribution in [-0.4, -0.2) is 41.8 Å². The van der Waals surface area contributed by atoms with Crippen LogP contribution in [0.2, 0.25) is 0 Å². The Balaban J connectivity index is 2.28. The molecule has 0 spiro atoms. The number of nitrogens with one attached hydrogen (secondary N) is 2. The third-order valence-electron chi connectivity index (χ3n) is 2.84. The topological polar surface area (TPSA) is 113 Å². The monoisotopic (exact) mass is 306 g/mol. The van der Waals surface area contributed by atoms with Crippen molar-refractivity contribution in [3.8, 4) is 0 Å². The molecule has 7 heteroatoms. The van der Waals surface area contributed by atoms with E-state index in [-0.39, 0.29) is 25.2 Å². The van der Waals surface area contributed by atoms with E-state index >= 15 is 0 Å². The summed E-state index contributed by atoms with van der Waals surface area (Å²) in [7, 11) is 0. The number of carbonyl (C=O) groups excluding carboxylic acids is 3. The summed E-state index contributed by atoms with van der Waals surface area (Å²) in [5.41, 5.74) is 1.58. The quantitative estimate of drug-likeness (QED) is 0.597. The second-order valence-corrected chi connectivity index (χ2v) is 4.74. The van der Waals surface area contributed by atoms with E-state index in [1.165, 1.54) is 0 Å². The van der Waals surface area contributed by atoms with Gasteiger partial charge in [0.05, 0.1) is 6.54 Å². The average Bonchev–Trinajstić information content (AvgIpc) is 2.49. The number of carboxylic acid groups (broad SMARTS) is 1. The molecule has 0 aromatic heterocycles. The predicted octanol–water partition coefficient (Wildman–Crippen LogP) is 0.275. The van der Waals surface area contributed by atoms with Gasteiger partial charge in [0.25, 0.3) is 0 Å². The number of aliphatic carboxylic acids is 1. The van der Waals surface area contributed by atoms with Crippen molar-refractivity contribution in [1.29, 1.82) is 0 Å². The first kappa shape index (κ1) is 17.4. The van der Waals surface area contributed by atoms with E-state index in [4.69, 9.17) is 5.11 Å². The summed E-state index contributed by atoms with van der Waals surface area (Å²) in [5, 5.41) is 12.8. The third kappa shape index (κ3) is 6.65. The smallest absolute Gasteiger partial charge is 0.322 e. The number of aryl methyl sites for hydroxylation is 1. The van der Waals surface area contributed by atoms with E-state index in [2.05, 4.69) is 10.6 Å². The molecule has 22 heavy (non-hydrogen) atoms. The maximum atomic E-state index is 11.9. The van der Waals surface area contributed by atoms with Gasteiger partial charge in [-0.3, -0.25) is 19.2 Å². The van der Waals surface area contributed by atoms with E-state index in [1.54, 1.807) is 12.1 Å². The van der Waals surface area contributed by atoms with Gasteiger partial charge in [0.1, 0.15) is 6.54 Å². The van der Waals surface area contributed by atoms with E-state index in [9.17, 15) is 19.2 Å². The Kier molecular flexibility index (Phi) is 6.75. The van der Waals surface area contributed by atoms with Gasteiger partial charge in [-0.15, -0.1) is 0 Å². The van der Waals surface area contributed by atoms with Crippen molar-refractivity contribution in [3.05, 3.63) is 35.4 Å². The van der Waals surface area contributed by atoms with Crippen molar-refractivity contribution in [1.82, 2.24) is 10.6 Å². The predicted molar refractivity (Wildman–Crippen MR) is 78.4 cm³/mol. The van der Waals surface area contributed by atoms with Crippen LogP contribution in [0.25, 0.3) is 0 Å². The Hall–Kier alpha value is -2.70. The van der Waals surface area contributed by atoms with Crippen LogP contribution in [0.4, 0.5) is 0 Å². The number of carbonyl (C=O) groups is 4. The van der Waals surface area contributed by atoms with Crippen LogP contribution >= 0.6 is 0 Å². The highest BCUT2D eigenvalue weighted by molar-refractivity contribution is 5.98. The molecule has 0 fully saturated rings. The lowest BCUT2D eigenvalue weighted by Crippen LogP contribution is -2.39. The van der Waals surface area contributed by atoms with Gasteiger partial charge in [-0.1, -0.05) is 29.8 Å². The lowest BCUT2D eigenvalue weighted by molar-refractivity contribution is -0.137. The number of rotatable bonds is 8. The van der Waals surface area contributed by atoms with Gasteiger partial charge >= 0.3 is 5.97 Å². The zero-order valence-electron chi connectivity index (χ0n) is 12.2. The number of benzene rings is 1. The summed E-state index contributed by atoms with van der Waals surface area (Å²) >= 11 is 0. The highest BCUT2D eigenvalue weighted by Gasteiger charge is 2.10. The lowest BCUT2D eigenvalue weighted by atomic mass is 10.1. The summed E-state index contributed by atoms with van der Waals surface area (Å²) in [6.07, 6.45) is 0.0184. The van der Waals surface area contributed by atoms with Crippen LogP contribution < -0.4 is 10.6 Å². The minimum Gasteiger partial charge on any atom is -0.480 e. The fourth-order valence-electron chi connectivity index (χ4n) is 1.61. The van der Waals surface area contributed by atoms with Crippen molar-refractivity contribution in [2.75, 3.05) is 13.1 Å². The first-order valence-electron chi connectivity index (χ1n) is 6.73. The van der Waals surface area contributed by atoms with Gasteiger partial charge in [-0.05, 0) is 6.92 Å². The molecule has 0 bridgehead atoms. The average molecular weight is 306 g/mol. The maximum Gasteiger partial charge on any atom is 0.322 e. The number of Topliss-reactive ketones (excluding diaryl/α,β-unsaturated/α-hetero) is 1. The second-order valence-electron chi connectivity index (χ2n) is 4.74. The van der Waals surface area contributed by atoms with E-state index in [0.717, 1.165) is 5.56 Å². The fraction of sp³-hybridized carbons (Fsp3) is 0.333. The van der Waals surface area contributed by atoms with Gasteiger partial charge < -0.3 is 15.7 Å². The molecule has 118 valence electrons. The van der Waals surface area contributed by atoms with Crippen LogP contribution in [0.3, 0.4) is 0 Å². The SMILES string of the molecule is Cc1ccc(C(=O)CCC(=O)NCC(=O)NCC(=O)O)cc1. The normalized spacial score (nSPS) is 9.86. The lowest BCUT2D eigenvalue weighted by Gasteiger charge is -2.05. The van der Waals surface area contributed by atoms with Crippen LogP contribution in [0.15, 0.2) is 24.3 Å². The maximum absolute atomic E-state index is 11.9. The van der Waals surface area contributed by atoms with Gasteiger partial charge in [-0.2, -0.15) is 0 Å². The van der Waals surface area contributed by atoms with Crippen molar-refractivity contribution < 1.29 is 24.3 Å². The summed E-state index contributed by atoms with van der Waals surface area (Å²) in [5.74, 6) is -2.35. The van der Waals surface area contributed by atoms with Crippen LogP contribution in [0, 0.1) is 6.92 Å². The molecule has 1 rings (SSSR count). The molecule has 0 aliphatic carbocycles. The van der Waals surface area contributed by atoms with Gasteiger partial charge in [0, 0.05) is 18.4 Å². The third-order valence-corrected chi connectivity index (χ3v) is 2.84. The summed E-state index contributed by atoms with van der Waals surface area (Å²) in [6, 6.07) is 7.05. The van der Waals surface area contributed by atoms with E-state index in [1.807, 2.05) is 19.1 Å². The summed E-state index contributed by atoms with van der Waals surface area (Å²) in [4.78, 5) is 44.8. The Morgan fingerprint density at radius 1 is 0.909 bits per heavy atom. The molecule has 0 aliphatic rings. The molecular weight excluding hydrogens is 288 g/mol. The van der Waals surface area contributed by atoms with Crippen LogP contribution in [0.1, 0.15) is 28.8 Å². The first-order valence-corrected chi connectivity index (χ1v) is 6.73. The van der Waals surface area contributed by atoms with Crippen molar-refractivity contribution >= 4 is 23.6 Å². The molecule has 0 saturated heterocycles. The molecule has 0 atom stereocenters. The fourth-order valence-corrected chi connectivity index (χ4v) is 1.61. The number of carboxylic acids is 1.